The van der Waals surface area contributed by atoms with Crippen LogP contribution in [-0.2, 0) is 17.1 Å². The van der Waals surface area contributed by atoms with E-state index in [-0.39, 0.29) is 16.8 Å². The Bertz CT molecular complexity index is 1200. The van der Waals surface area contributed by atoms with Crippen LogP contribution in [0.15, 0.2) is 53.4 Å². The van der Waals surface area contributed by atoms with E-state index >= 15 is 0 Å². The van der Waals surface area contributed by atoms with Crippen molar-refractivity contribution in [2.24, 2.45) is 7.05 Å². The van der Waals surface area contributed by atoms with Crippen LogP contribution in [0.1, 0.15) is 48.9 Å². The number of imidazole rings is 1. The fraction of sp³-hybridized carbons (Fsp3) is 0.391. The van der Waals surface area contributed by atoms with Crippen molar-refractivity contribution >= 4 is 27.0 Å². The third kappa shape index (κ3) is 3.74. The van der Waals surface area contributed by atoms with Crippen molar-refractivity contribution in [3.05, 3.63) is 59.9 Å². The van der Waals surface area contributed by atoms with E-state index in [9.17, 15) is 13.2 Å². The summed E-state index contributed by atoms with van der Waals surface area (Å²) in [5.41, 5.74) is 2.46. The Balaban J connectivity index is 1.61. The number of likely N-dealkylation sites (tertiary alicyclic amines) is 1. The quantitative estimate of drug-likeness (QED) is 0.587. The molecule has 3 aromatic rings. The molecule has 0 unspecified atom stereocenters. The van der Waals surface area contributed by atoms with Crippen molar-refractivity contribution in [3.8, 4) is 0 Å². The summed E-state index contributed by atoms with van der Waals surface area (Å²) in [7, 11) is -1.56. The Morgan fingerprint density at radius 3 is 2.42 bits per heavy atom. The van der Waals surface area contributed by atoms with Gasteiger partial charge in [-0.2, -0.15) is 4.31 Å². The van der Waals surface area contributed by atoms with E-state index in [2.05, 4.69) is 4.57 Å². The number of fused-ring (bicyclic) bond motifs is 1. The summed E-state index contributed by atoms with van der Waals surface area (Å²) in [5.74, 6) is 0.786. The molecule has 0 radical (unpaired) electrons. The second-order valence-corrected chi connectivity index (χ2v) is 9.73. The molecule has 1 aromatic heterocycles. The molecule has 0 bridgehead atoms. The molecule has 31 heavy (non-hydrogen) atoms. The molecule has 0 N–H and O–H groups in total. The molecule has 2 aromatic carbocycles. The minimum absolute atomic E-state index is 0.0935. The summed E-state index contributed by atoms with van der Waals surface area (Å²) in [6.07, 6.45) is 1.77. The van der Waals surface area contributed by atoms with Crippen LogP contribution in [0.2, 0.25) is 0 Å². The van der Waals surface area contributed by atoms with Crippen molar-refractivity contribution in [1.82, 2.24) is 18.8 Å². The molecule has 2 heterocycles. The van der Waals surface area contributed by atoms with Gasteiger partial charge < -0.3 is 9.47 Å². The summed E-state index contributed by atoms with van der Waals surface area (Å²) >= 11 is 0. The average Bonchev–Trinajstić information content (AvgIpc) is 3.39. The van der Waals surface area contributed by atoms with E-state index in [0.717, 1.165) is 29.7 Å². The molecule has 0 spiro atoms. The molecular formula is C23H28N4O3S. The van der Waals surface area contributed by atoms with Gasteiger partial charge in [0.2, 0.25) is 10.0 Å². The Morgan fingerprint density at radius 2 is 1.77 bits per heavy atom. The van der Waals surface area contributed by atoms with Gasteiger partial charge in [-0.05, 0) is 49.2 Å². The average molecular weight is 441 g/mol. The maximum atomic E-state index is 13.3. The molecule has 7 nitrogen and oxygen atoms in total. The maximum absolute atomic E-state index is 13.3. The van der Waals surface area contributed by atoms with Gasteiger partial charge >= 0.3 is 0 Å². The number of benzene rings is 2. The van der Waals surface area contributed by atoms with Gasteiger partial charge in [-0.15, -0.1) is 0 Å². The number of hydrogen-bond acceptors (Lipinski definition) is 4. The smallest absolute Gasteiger partial charge is 0.254 e. The van der Waals surface area contributed by atoms with E-state index < -0.39 is 10.0 Å². The van der Waals surface area contributed by atoms with Gasteiger partial charge in [-0.3, -0.25) is 4.79 Å². The monoisotopic (exact) mass is 440 g/mol. The SMILES string of the molecule is CCN(CC)S(=O)(=O)c1ccc(C(=O)N2CCC[C@H]2c2nc3ccccc3n2C)cc1. The van der Waals surface area contributed by atoms with Crippen molar-refractivity contribution in [2.45, 2.75) is 37.6 Å². The predicted molar refractivity (Wildman–Crippen MR) is 120 cm³/mol. The number of amides is 1. The van der Waals surface area contributed by atoms with Gasteiger partial charge in [-0.1, -0.05) is 26.0 Å². The van der Waals surface area contributed by atoms with Crippen molar-refractivity contribution in [1.29, 1.82) is 0 Å². The zero-order valence-corrected chi connectivity index (χ0v) is 19.0. The lowest BCUT2D eigenvalue weighted by Gasteiger charge is -2.25. The van der Waals surface area contributed by atoms with Gasteiger partial charge in [0.25, 0.3) is 5.91 Å². The number of carbonyl (C=O) groups excluding carboxylic acids is 1. The lowest BCUT2D eigenvalue weighted by Crippen LogP contribution is -2.32. The Morgan fingerprint density at radius 1 is 1.10 bits per heavy atom. The first-order valence-corrected chi connectivity index (χ1v) is 12.1. The van der Waals surface area contributed by atoms with Crippen LogP contribution in [0, 0.1) is 0 Å². The first-order chi connectivity index (χ1) is 14.9. The topological polar surface area (TPSA) is 75.5 Å². The largest absolute Gasteiger partial charge is 0.329 e. The van der Waals surface area contributed by atoms with Crippen molar-refractivity contribution in [2.75, 3.05) is 19.6 Å². The Labute approximate surface area is 183 Å². The number of sulfonamides is 1. The predicted octanol–water partition coefficient (Wildman–Crippen LogP) is 3.58. The number of carbonyl (C=O) groups is 1. The van der Waals surface area contributed by atoms with E-state index in [0.29, 0.717) is 25.2 Å². The van der Waals surface area contributed by atoms with Crippen LogP contribution in [-0.4, -0.2) is 52.7 Å². The van der Waals surface area contributed by atoms with Gasteiger partial charge in [-0.25, -0.2) is 13.4 Å². The number of para-hydroxylation sites is 2. The van der Waals surface area contributed by atoms with E-state index in [4.69, 9.17) is 4.98 Å². The lowest BCUT2D eigenvalue weighted by atomic mass is 10.1. The highest BCUT2D eigenvalue weighted by molar-refractivity contribution is 7.89. The molecule has 1 fully saturated rings. The molecule has 1 atom stereocenters. The zero-order chi connectivity index (χ0) is 22.2. The number of nitrogens with zero attached hydrogens (tertiary/aromatic N) is 4. The first kappa shape index (κ1) is 21.5. The number of hydrogen-bond donors (Lipinski definition) is 0. The minimum Gasteiger partial charge on any atom is -0.329 e. The molecule has 1 amide bonds. The van der Waals surface area contributed by atoms with E-state index in [1.807, 2.05) is 50.1 Å². The molecule has 4 rings (SSSR count). The molecule has 0 saturated carbocycles. The van der Waals surface area contributed by atoms with Crippen molar-refractivity contribution in [3.63, 3.8) is 0 Å². The molecule has 1 saturated heterocycles. The molecule has 1 aliphatic rings. The maximum Gasteiger partial charge on any atom is 0.254 e. The highest BCUT2D eigenvalue weighted by Gasteiger charge is 2.34. The third-order valence-electron chi connectivity index (χ3n) is 6.08. The lowest BCUT2D eigenvalue weighted by molar-refractivity contribution is 0.0728. The Hall–Kier alpha value is -2.71. The zero-order valence-electron chi connectivity index (χ0n) is 18.2. The summed E-state index contributed by atoms with van der Waals surface area (Å²) in [6, 6.07) is 14.2. The van der Waals surface area contributed by atoms with Crippen LogP contribution >= 0.6 is 0 Å². The fourth-order valence-electron chi connectivity index (χ4n) is 4.39. The van der Waals surface area contributed by atoms with Crippen LogP contribution in [0.4, 0.5) is 0 Å². The summed E-state index contributed by atoms with van der Waals surface area (Å²) in [6.45, 7) is 5.10. The van der Waals surface area contributed by atoms with Gasteiger partial charge in [0.05, 0.1) is 22.0 Å². The number of aryl methyl sites for hydroxylation is 1. The van der Waals surface area contributed by atoms with Crippen LogP contribution in [0.3, 0.4) is 0 Å². The minimum atomic E-state index is -3.54. The van der Waals surface area contributed by atoms with E-state index in [1.165, 1.54) is 16.4 Å². The highest BCUT2D eigenvalue weighted by atomic mass is 32.2. The Kier molecular flexibility index (Phi) is 5.85. The summed E-state index contributed by atoms with van der Waals surface area (Å²) in [5, 5.41) is 0. The molecule has 1 aliphatic heterocycles. The second-order valence-electron chi connectivity index (χ2n) is 7.79. The number of aromatic nitrogens is 2. The highest BCUT2D eigenvalue weighted by Crippen LogP contribution is 2.34. The third-order valence-corrected chi connectivity index (χ3v) is 8.14. The van der Waals surface area contributed by atoms with Gasteiger partial charge in [0.15, 0.2) is 0 Å². The van der Waals surface area contributed by atoms with Crippen LogP contribution in [0.5, 0.6) is 0 Å². The summed E-state index contributed by atoms with van der Waals surface area (Å²) in [4.78, 5) is 20.1. The normalized spacial score (nSPS) is 17.0. The van der Waals surface area contributed by atoms with Crippen LogP contribution in [0.25, 0.3) is 11.0 Å². The van der Waals surface area contributed by atoms with E-state index in [1.54, 1.807) is 12.1 Å². The molecule has 8 heteroatoms. The molecule has 0 aliphatic carbocycles. The second kappa shape index (κ2) is 8.43. The first-order valence-electron chi connectivity index (χ1n) is 10.7. The van der Waals surface area contributed by atoms with Gasteiger partial charge in [0, 0.05) is 32.2 Å². The van der Waals surface area contributed by atoms with Crippen LogP contribution < -0.4 is 0 Å². The molecule has 164 valence electrons. The van der Waals surface area contributed by atoms with Crippen molar-refractivity contribution < 1.29 is 13.2 Å². The fourth-order valence-corrected chi connectivity index (χ4v) is 5.85. The van der Waals surface area contributed by atoms with Gasteiger partial charge in [0.1, 0.15) is 5.82 Å². The molecular weight excluding hydrogens is 412 g/mol. The standard InChI is InChI=1S/C23H28N4O3S/c1-4-26(5-2)31(29,30)18-14-12-17(13-15-18)23(28)27-16-8-11-21(27)22-24-19-9-6-7-10-20(19)25(22)3/h6-7,9-10,12-15,21H,4-5,8,11,16H2,1-3H3/t21-/m0/s1. The summed E-state index contributed by atoms with van der Waals surface area (Å²) < 4.78 is 28.9. The number of rotatable bonds is 6.